The highest BCUT2D eigenvalue weighted by Crippen LogP contribution is 2.36. The van der Waals surface area contributed by atoms with Gasteiger partial charge < -0.3 is 14.6 Å². The van der Waals surface area contributed by atoms with Crippen molar-refractivity contribution in [2.24, 2.45) is 4.99 Å². The van der Waals surface area contributed by atoms with E-state index in [4.69, 9.17) is 32.7 Å². The van der Waals surface area contributed by atoms with Crippen molar-refractivity contribution in [3.63, 3.8) is 0 Å². The minimum absolute atomic E-state index is 0.0154. The number of halogens is 3. The van der Waals surface area contributed by atoms with Gasteiger partial charge in [0.1, 0.15) is 28.8 Å². The summed E-state index contributed by atoms with van der Waals surface area (Å²) >= 11 is 13.4. The van der Waals surface area contributed by atoms with E-state index in [9.17, 15) is 27.5 Å². The van der Waals surface area contributed by atoms with Crippen LogP contribution in [0.25, 0.3) is 0 Å². The van der Waals surface area contributed by atoms with Crippen LogP contribution in [0.4, 0.5) is 9.18 Å². The number of amidine groups is 1. The van der Waals surface area contributed by atoms with Gasteiger partial charge in [-0.15, -0.1) is 0 Å². The van der Waals surface area contributed by atoms with Gasteiger partial charge in [0.25, 0.3) is 10.0 Å². The fourth-order valence-corrected chi connectivity index (χ4v) is 5.85. The number of aliphatic imine (C=N–C) groups is 1. The van der Waals surface area contributed by atoms with Gasteiger partial charge in [0.2, 0.25) is 0 Å². The lowest BCUT2D eigenvalue weighted by molar-refractivity contribution is -0.138. The molecular weight excluding hydrogens is 632 g/mol. The Morgan fingerprint density at radius 3 is 2.57 bits per heavy atom. The molecule has 1 amide bonds. The van der Waals surface area contributed by atoms with Crippen molar-refractivity contribution in [2.75, 3.05) is 26.7 Å². The maximum atomic E-state index is 15.0. The first kappa shape index (κ1) is 35.2. The second kappa shape index (κ2) is 17.2. The van der Waals surface area contributed by atoms with Crippen LogP contribution >= 0.6 is 35.0 Å². The minimum atomic E-state index is -4.36. The molecule has 0 bridgehead atoms. The molecule has 230 valence electrons. The van der Waals surface area contributed by atoms with Crippen LogP contribution in [0.15, 0.2) is 52.2 Å². The number of rotatable bonds is 15. The molecule has 0 atom stereocenters. The monoisotopic (exact) mass is 663 g/mol. The Labute approximate surface area is 258 Å². The largest absolute Gasteiger partial charge is 0.480 e. The van der Waals surface area contributed by atoms with Crippen molar-refractivity contribution in [2.45, 2.75) is 43.9 Å². The quantitative estimate of drug-likeness (QED) is 0.122. The number of nitrogens with zero attached hydrogens (tertiary/aromatic N) is 2. The molecule has 2 aromatic carbocycles. The molecule has 0 fully saturated rings. The molecule has 0 heterocycles. The number of carboxylic acid groups (broad SMARTS) is 1. The SMILES string of the molecule is C=CSC(=NC)NS(=O)(=O)c1cc(Cl)c(Oc2ccc(Cl)cc2CCCN(CC(=O)O)C(=O)OCCCCC)cc1F. The first-order chi connectivity index (χ1) is 19.9. The van der Waals surface area contributed by atoms with Crippen LogP contribution < -0.4 is 9.46 Å². The molecule has 15 heteroatoms. The molecule has 0 radical (unpaired) electrons. The Morgan fingerprint density at radius 1 is 1.19 bits per heavy atom. The van der Waals surface area contributed by atoms with Gasteiger partial charge in [-0.05, 0) is 54.5 Å². The molecule has 0 unspecified atom stereocenters. The number of nitrogens with one attached hydrogen (secondary N) is 1. The Kier molecular flexibility index (Phi) is 14.4. The summed E-state index contributed by atoms with van der Waals surface area (Å²) in [5, 5.41) is 10.8. The summed E-state index contributed by atoms with van der Waals surface area (Å²) in [6.45, 7) is 5.25. The maximum Gasteiger partial charge on any atom is 0.410 e. The number of unbranched alkanes of at least 4 members (excludes halogenated alkanes) is 2. The minimum Gasteiger partial charge on any atom is -0.480 e. The summed E-state index contributed by atoms with van der Waals surface area (Å²) in [7, 11) is -3.00. The van der Waals surface area contributed by atoms with Gasteiger partial charge in [0.15, 0.2) is 5.17 Å². The summed E-state index contributed by atoms with van der Waals surface area (Å²) in [6.07, 6.45) is 2.42. The van der Waals surface area contributed by atoms with Gasteiger partial charge in [-0.3, -0.25) is 19.4 Å². The average molecular weight is 665 g/mol. The maximum absolute atomic E-state index is 15.0. The first-order valence-electron chi connectivity index (χ1n) is 12.8. The van der Waals surface area contributed by atoms with Gasteiger partial charge in [-0.1, -0.05) is 61.3 Å². The molecule has 0 saturated heterocycles. The summed E-state index contributed by atoms with van der Waals surface area (Å²) in [5.74, 6) is -2.19. The molecule has 42 heavy (non-hydrogen) atoms. The molecule has 0 aromatic heterocycles. The topological polar surface area (TPSA) is 135 Å². The highest BCUT2D eigenvalue weighted by atomic mass is 35.5. The number of aliphatic carboxylic acids is 1. The van der Waals surface area contributed by atoms with E-state index in [1.54, 1.807) is 12.1 Å². The van der Waals surface area contributed by atoms with Crippen molar-refractivity contribution < 1.29 is 37.0 Å². The number of sulfonamides is 1. The van der Waals surface area contributed by atoms with Gasteiger partial charge in [0, 0.05) is 24.7 Å². The Balaban J connectivity index is 2.20. The predicted molar refractivity (Wildman–Crippen MR) is 163 cm³/mol. The molecule has 0 aliphatic carbocycles. The van der Waals surface area contributed by atoms with Crippen molar-refractivity contribution in [1.29, 1.82) is 0 Å². The Hall–Kier alpha value is -3.00. The van der Waals surface area contributed by atoms with E-state index in [1.165, 1.54) is 18.5 Å². The third-order valence-electron chi connectivity index (χ3n) is 5.57. The van der Waals surface area contributed by atoms with E-state index < -0.39 is 39.3 Å². The average Bonchev–Trinajstić information content (AvgIpc) is 2.92. The Morgan fingerprint density at radius 2 is 1.93 bits per heavy atom. The fraction of sp³-hybridized carbons (Fsp3) is 0.370. The lowest BCUT2D eigenvalue weighted by Gasteiger charge is -2.20. The standard InChI is InChI=1S/C27H32Cl2FN3O7S2/c1-4-6-7-13-39-27(36)33(17-25(34)35)12-8-9-18-14-19(28)10-11-22(18)40-23-16-21(30)24(15-20(23)29)42(37,38)32-26(31-3)41-5-2/h5,10-11,14-16H,2,4,6-9,12-13,17H2,1,3H3,(H,31,32)(H,34,35). The molecule has 2 aromatic rings. The number of hydrogen-bond donors (Lipinski definition) is 2. The normalized spacial score (nSPS) is 11.6. The van der Waals surface area contributed by atoms with Gasteiger partial charge in [-0.2, -0.15) is 0 Å². The van der Waals surface area contributed by atoms with E-state index in [1.807, 2.05) is 6.92 Å². The van der Waals surface area contributed by atoms with E-state index in [0.717, 1.165) is 41.6 Å². The summed E-state index contributed by atoms with van der Waals surface area (Å²) < 4.78 is 53.6. The third-order valence-corrected chi connectivity index (χ3v) is 8.26. The van der Waals surface area contributed by atoms with E-state index in [0.29, 0.717) is 29.8 Å². The number of thioether (sulfide) groups is 1. The van der Waals surface area contributed by atoms with Crippen LogP contribution in [-0.4, -0.2) is 62.4 Å². The molecule has 0 saturated carbocycles. The highest BCUT2D eigenvalue weighted by molar-refractivity contribution is 8.17. The van der Waals surface area contributed by atoms with Gasteiger partial charge in [-0.25, -0.2) is 17.6 Å². The number of carboxylic acids is 1. The van der Waals surface area contributed by atoms with Gasteiger partial charge in [0.05, 0.1) is 11.6 Å². The lowest BCUT2D eigenvalue weighted by Crippen LogP contribution is -2.37. The van der Waals surface area contributed by atoms with Gasteiger partial charge >= 0.3 is 12.1 Å². The number of ether oxygens (including phenoxy) is 2. The van der Waals surface area contributed by atoms with Crippen LogP contribution in [0.1, 0.15) is 38.2 Å². The second-order valence-electron chi connectivity index (χ2n) is 8.73. The number of aryl methyl sites for hydroxylation is 1. The molecule has 0 spiro atoms. The zero-order chi connectivity index (χ0) is 31.3. The summed E-state index contributed by atoms with van der Waals surface area (Å²) in [5.41, 5.74) is 0.564. The van der Waals surface area contributed by atoms with Crippen molar-refractivity contribution in [3.8, 4) is 11.5 Å². The fourth-order valence-electron chi connectivity index (χ4n) is 3.59. The highest BCUT2D eigenvalue weighted by Gasteiger charge is 2.24. The van der Waals surface area contributed by atoms with Crippen molar-refractivity contribution in [3.05, 3.63) is 63.7 Å². The van der Waals surface area contributed by atoms with Crippen LogP contribution in [0.2, 0.25) is 10.0 Å². The summed E-state index contributed by atoms with van der Waals surface area (Å²) in [6, 6.07) is 6.46. The zero-order valence-electron chi connectivity index (χ0n) is 23.1. The van der Waals surface area contributed by atoms with Crippen LogP contribution in [0.5, 0.6) is 11.5 Å². The molecule has 0 aliphatic rings. The van der Waals surface area contributed by atoms with Crippen LogP contribution in [0.3, 0.4) is 0 Å². The molecule has 2 N–H and O–H groups in total. The number of hydrogen-bond acceptors (Lipinski definition) is 8. The second-order valence-corrected chi connectivity index (χ2v) is 12.2. The number of amides is 1. The first-order valence-corrected chi connectivity index (χ1v) is 15.9. The summed E-state index contributed by atoms with van der Waals surface area (Å²) in [4.78, 5) is 27.9. The number of benzene rings is 2. The van der Waals surface area contributed by atoms with E-state index in [-0.39, 0.29) is 34.8 Å². The molecule has 2 rings (SSSR count). The third kappa shape index (κ3) is 11.0. The number of carbonyl (C=O) groups excluding carboxylic acids is 1. The van der Waals surface area contributed by atoms with Crippen molar-refractivity contribution in [1.82, 2.24) is 9.62 Å². The van der Waals surface area contributed by atoms with Crippen LogP contribution in [0, 0.1) is 5.82 Å². The van der Waals surface area contributed by atoms with Crippen molar-refractivity contribution >= 4 is 62.2 Å². The van der Waals surface area contributed by atoms with E-state index in [2.05, 4.69) is 16.3 Å². The predicted octanol–water partition coefficient (Wildman–Crippen LogP) is 6.71. The number of carbonyl (C=O) groups is 2. The lowest BCUT2D eigenvalue weighted by atomic mass is 10.1. The molecule has 0 aliphatic heterocycles. The molecular formula is C27H32Cl2FN3O7S2. The smallest absolute Gasteiger partial charge is 0.410 e. The van der Waals surface area contributed by atoms with Crippen LogP contribution in [-0.2, 0) is 26.0 Å². The Bertz CT molecular complexity index is 1410. The zero-order valence-corrected chi connectivity index (χ0v) is 26.2. The van der Waals surface area contributed by atoms with E-state index >= 15 is 0 Å². The molecule has 10 nitrogen and oxygen atoms in total.